The highest BCUT2D eigenvalue weighted by atomic mass is 79.9. The van der Waals surface area contributed by atoms with Gasteiger partial charge in [-0.25, -0.2) is 4.79 Å². The molecule has 0 radical (unpaired) electrons. The Morgan fingerprint density at radius 1 is 1.61 bits per heavy atom. The van der Waals surface area contributed by atoms with Gasteiger partial charge in [-0.3, -0.25) is 0 Å². The molecular formula is C12H9BrClNO3. The van der Waals surface area contributed by atoms with Gasteiger partial charge in [0, 0.05) is 4.47 Å². The van der Waals surface area contributed by atoms with Crippen LogP contribution in [0.4, 0.5) is 0 Å². The first-order valence-electron chi connectivity index (χ1n) is 5.03. The maximum absolute atomic E-state index is 11.7. The first kappa shape index (κ1) is 13.0. The number of aromatic amines is 1. The molecule has 0 saturated heterocycles. The third-order valence-corrected chi connectivity index (χ3v) is 3.65. The number of ether oxygens (including phenoxy) is 1. The van der Waals surface area contributed by atoms with Gasteiger partial charge in [0.1, 0.15) is 6.61 Å². The summed E-state index contributed by atoms with van der Waals surface area (Å²) in [6.07, 6.45) is 1.45. The first-order valence-corrected chi connectivity index (χ1v) is 6.20. The summed E-state index contributed by atoms with van der Waals surface area (Å²) in [4.78, 5) is 14.5. The molecule has 2 aromatic rings. The Balaban J connectivity index is 2.54. The van der Waals surface area contributed by atoms with Crippen LogP contribution in [0.5, 0.6) is 5.75 Å². The van der Waals surface area contributed by atoms with Crippen LogP contribution in [0.25, 0.3) is 10.9 Å². The lowest BCUT2D eigenvalue weighted by Crippen LogP contribution is -2.05. The molecule has 2 N–H and O–H groups in total. The number of halogens is 2. The van der Waals surface area contributed by atoms with E-state index in [1.165, 1.54) is 6.08 Å². The lowest BCUT2D eigenvalue weighted by Gasteiger charge is -2.00. The second kappa shape index (κ2) is 5.04. The minimum Gasteiger partial charge on any atom is -0.505 e. The van der Waals surface area contributed by atoms with Gasteiger partial charge in [0.2, 0.25) is 0 Å². The number of fused-ring (bicyclic) bond motifs is 1. The molecule has 0 saturated carbocycles. The van der Waals surface area contributed by atoms with Crippen LogP contribution in [-0.4, -0.2) is 22.7 Å². The second-order valence-electron chi connectivity index (χ2n) is 3.52. The van der Waals surface area contributed by atoms with E-state index in [2.05, 4.69) is 27.5 Å². The molecule has 0 aliphatic heterocycles. The van der Waals surface area contributed by atoms with Crippen LogP contribution in [0.3, 0.4) is 0 Å². The topological polar surface area (TPSA) is 62.3 Å². The number of rotatable bonds is 3. The lowest BCUT2D eigenvalue weighted by molar-refractivity contribution is 0.0541. The van der Waals surface area contributed by atoms with Crippen molar-refractivity contribution in [1.82, 2.24) is 4.98 Å². The number of H-pyrrole nitrogens is 1. The van der Waals surface area contributed by atoms with E-state index in [1.54, 1.807) is 12.1 Å². The highest BCUT2D eigenvalue weighted by molar-refractivity contribution is 9.10. The first-order chi connectivity index (χ1) is 8.56. The third-order valence-electron chi connectivity index (χ3n) is 2.36. The largest absolute Gasteiger partial charge is 0.505 e. The molecule has 94 valence electrons. The number of hydrogen-bond acceptors (Lipinski definition) is 3. The number of hydrogen-bond donors (Lipinski definition) is 2. The van der Waals surface area contributed by atoms with Gasteiger partial charge in [-0.05, 0) is 28.1 Å². The molecule has 18 heavy (non-hydrogen) atoms. The number of aromatic nitrogens is 1. The number of benzene rings is 1. The summed E-state index contributed by atoms with van der Waals surface area (Å²) in [5.41, 5.74) is 0.540. The fourth-order valence-corrected chi connectivity index (χ4v) is 2.14. The fraction of sp³-hybridized carbons (Fsp3) is 0.0833. The summed E-state index contributed by atoms with van der Waals surface area (Å²) >= 11 is 9.31. The maximum atomic E-state index is 11.7. The van der Waals surface area contributed by atoms with Crippen molar-refractivity contribution in [3.05, 3.63) is 40.0 Å². The van der Waals surface area contributed by atoms with Crippen LogP contribution < -0.4 is 0 Å². The monoisotopic (exact) mass is 329 g/mol. The van der Waals surface area contributed by atoms with Gasteiger partial charge >= 0.3 is 5.97 Å². The molecule has 1 aromatic carbocycles. The van der Waals surface area contributed by atoms with Crippen molar-refractivity contribution in [2.45, 2.75) is 0 Å². The smallest absolute Gasteiger partial charge is 0.358 e. The summed E-state index contributed by atoms with van der Waals surface area (Å²) in [6, 6.07) is 3.43. The SMILES string of the molecule is C=CCOC(=O)c1[nH]c2ccc(Br)c(Cl)c2c1O. The van der Waals surface area contributed by atoms with E-state index in [0.717, 1.165) is 0 Å². The summed E-state index contributed by atoms with van der Waals surface area (Å²) < 4.78 is 5.49. The molecule has 4 nitrogen and oxygen atoms in total. The van der Waals surface area contributed by atoms with Crippen LogP contribution in [0.2, 0.25) is 5.02 Å². The molecule has 0 atom stereocenters. The van der Waals surface area contributed by atoms with E-state index in [4.69, 9.17) is 16.3 Å². The number of aromatic hydroxyl groups is 1. The van der Waals surface area contributed by atoms with Crippen molar-refractivity contribution >= 4 is 44.4 Å². The number of carbonyl (C=O) groups excluding carboxylic acids is 1. The predicted molar refractivity (Wildman–Crippen MR) is 73.2 cm³/mol. The summed E-state index contributed by atoms with van der Waals surface area (Å²) in [5, 5.41) is 10.7. The highest BCUT2D eigenvalue weighted by Gasteiger charge is 2.21. The Labute approximate surface area is 116 Å². The molecular weight excluding hydrogens is 321 g/mol. The molecule has 0 unspecified atom stereocenters. The molecule has 2 rings (SSSR count). The molecule has 0 aliphatic carbocycles. The van der Waals surface area contributed by atoms with Crippen molar-refractivity contribution in [3.8, 4) is 5.75 Å². The van der Waals surface area contributed by atoms with E-state index < -0.39 is 5.97 Å². The van der Waals surface area contributed by atoms with Crippen LogP contribution in [0.15, 0.2) is 29.3 Å². The fourth-order valence-electron chi connectivity index (χ4n) is 1.56. The van der Waals surface area contributed by atoms with E-state index in [-0.39, 0.29) is 18.1 Å². The molecule has 0 amide bonds. The highest BCUT2D eigenvalue weighted by Crippen LogP contribution is 2.38. The molecule has 0 bridgehead atoms. The Bertz CT molecular complexity index is 636. The average Bonchev–Trinajstić information content (AvgIpc) is 2.69. The van der Waals surface area contributed by atoms with Gasteiger partial charge in [-0.1, -0.05) is 24.3 Å². The predicted octanol–water partition coefficient (Wildman–Crippen LogP) is 3.63. The van der Waals surface area contributed by atoms with Gasteiger partial charge in [-0.15, -0.1) is 0 Å². The standard InChI is InChI=1S/C12H9BrClNO3/c1-2-5-18-12(17)10-11(16)8-7(15-10)4-3-6(13)9(8)14/h2-4,15-16H,1,5H2. The molecule has 0 spiro atoms. The molecule has 0 aliphatic rings. The van der Waals surface area contributed by atoms with Crippen molar-refractivity contribution in [3.63, 3.8) is 0 Å². The van der Waals surface area contributed by atoms with Gasteiger partial charge < -0.3 is 14.8 Å². The van der Waals surface area contributed by atoms with E-state index in [0.29, 0.717) is 20.4 Å². The lowest BCUT2D eigenvalue weighted by atomic mass is 10.2. The van der Waals surface area contributed by atoms with Gasteiger partial charge in [-0.2, -0.15) is 0 Å². The number of carbonyl (C=O) groups is 1. The Hall–Kier alpha value is -1.46. The van der Waals surface area contributed by atoms with E-state index in [9.17, 15) is 9.90 Å². The zero-order valence-corrected chi connectivity index (χ0v) is 11.5. The van der Waals surface area contributed by atoms with Gasteiger partial charge in [0.25, 0.3) is 0 Å². The van der Waals surface area contributed by atoms with Crippen LogP contribution in [0.1, 0.15) is 10.5 Å². The van der Waals surface area contributed by atoms with Gasteiger partial charge in [0.05, 0.1) is 15.9 Å². The molecule has 0 fully saturated rings. The second-order valence-corrected chi connectivity index (χ2v) is 4.75. The number of esters is 1. The normalized spacial score (nSPS) is 10.6. The Morgan fingerprint density at radius 3 is 3.00 bits per heavy atom. The zero-order valence-electron chi connectivity index (χ0n) is 9.17. The Morgan fingerprint density at radius 2 is 2.33 bits per heavy atom. The summed E-state index contributed by atoms with van der Waals surface area (Å²) in [7, 11) is 0. The molecule has 1 aromatic heterocycles. The summed E-state index contributed by atoms with van der Waals surface area (Å²) in [5.74, 6) is -0.874. The minimum absolute atomic E-state index is 0.0214. The maximum Gasteiger partial charge on any atom is 0.358 e. The van der Waals surface area contributed by atoms with Crippen molar-refractivity contribution in [1.29, 1.82) is 0 Å². The Kier molecular flexibility index (Phi) is 3.63. The number of nitrogens with one attached hydrogen (secondary N) is 1. The van der Waals surface area contributed by atoms with E-state index in [1.807, 2.05) is 0 Å². The van der Waals surface area contributed by atoms with Crippen LogP contribution >= 0.6 is 27.5 Å². The third kappa shape index (κ3) is 2.11. The van der Waals surface area contributed by atoms with E-state index >= 15 is 0 Å². The quantitative estimate of drug-likeness (QED) is 0.667. The molecule has 1 heterocycles. The average molecular weight is 331 g/mol. The van der Waals surface area contributed by atoms with Crippen LogP contribution in [0, 0.1) is 0 Å². The van der Waals surface area contributed by atoms with Gasteiger partial charge in [0.15, 0.2) is 11.4 Å². The molecule has 6 heteroatoms. The minimum atomic E-state index is -0.657. The van der Waals surface area contributed by atoms with Crippen molar-refractivity contribution in [2.24, 2.45) is 0 Å². The van der Waals surface area contributed by atoms with Crippen molar-refractivity contribution < 1.29 is 14.6 Å². The zero-order chi connectivity index (χ0) is 13.3. The van der Waals surface area contributed by atoms with Crippen molar-refractivity contribution in [2.75, 3.05) is 6.61 Å². The summed E-state index contributed by atoms with van der Waals surface area (Å²) in [6.45, 7) is 3.51. The van der Waals surface area contributed by atoms with Crippen LogP contribution in [-0.2, 0) is 4.74 Å².